The molecule has 4 heteroatoms. The molecule has 0 heterocycles. The van der Waals surface area contributed by atoms with Gasteiger partial charge in [-0.15, -0.1) is 0 Å². The van der Waals surface area contributed by atoms with Gasteiger partial charge in [0, 0.05) is 0 Å². The first-order valence-electron chi connectivity index (χ1n) is 7.26. The number of benzene rings is 2. The summed E-state index contributed by atoms with van der Waals surface area (Å²) in [5, 5.41) is 0. The van der Waals surface area contributed by atoms with Gasteiger partial charge in [0.15, 0.2) is 11.5 Å². The lowest BCUT2D eigenvalue weighted by atomic mass is 10.1. The lowest BCUT2D eigenvalue weighted by Crippen LogP contribution is -2.07. The van der Waals surface area contributed by atoms with Crippen molar-refractivity contribution in [2.45, 2.75) is 20.0 Å². The Labute approximate surface area is 130 Å². The van der Waals surface area contributed by atoms with Crippen LogP contribution in [-0.2, 0) is 11.3 Å². The predicted molar refractivity (Wildman–Crippen MR) is 84.3 cm³/mol. The third-order valence-electron chi connectivity index (χ3n) is 3.06. The summed E-state index contributed by atoms with van der Waals surface area (Å²) in [6, 6.07) is 14.7. The number of hydrogen-bond donors (Lipinski definition) is 0. The van der Waals surface area contributed by atoms with Crippen molar-refractivity contribution in [2.75, 3.05) is 13.7 Å². The average Bonchev–Trinajstić information content (AvgIpc) is 2.58. The van der Waals surface area contributed by atoms with Gasteiger partial charge in [-0.05, 0) is 36.2 Å². The molecule has 0 saturated heterocycles. The molecule has 0 unspecified atom stereocenters. The number of ether oxygens (including phenoxy) is 3. The summed E-state index contributed by atoms with van der Waals surface area (Å²) < 4.78 is 16.1. The largest absolute Gasteiger partial charge is 0.493 e. The zero-order valence-corrected chi connectivity index (χ0v) is 12.9. The molecule has 2 rings (SSSR count). The van der Waals surface area contributed by atoms with Crippen LogP contribution in [0.5, 0.6) is 11.5 Å². The van der Waals surface area contributed by atoms with Crippen LogP contribution in [0.1, 0.15) is 29.3 Å². The van der Waals surface area contributed by atoms with E-state index in [1.54, 1.807) is 19.2 Å². The molecule has 0 fully saturated rings. The summed E-state index contributed by atoms with van der Waals surface area (Å²) in [6.07, 6.45) is 0.808. The molecule has 0 saturated carbocycles. The highest BCUT2D eigenvalue weighted by Crippen LogP contribution is 2.26. The van der Waals surface area contributed by atoms with E-state index in [1.165, 1.54) is 0 Å². The van der Waals surface area contributed by atoms with Crippen molar-refractivity contribution in [1.82, 2.24) is 0 Å². The Balaban J connectivity index is 2.03. The second kappa shape index (κ2) is 8.08. The molecule has 0 radical (unpaired) electrons. The molecular formula is C18H20O4. The summed E-state index contributed by atoms with van der Waals surface area (Å²) in [5.74, 6) is 1.05. The number of carbonyl (C=O) groups is 1. The Morgan fingerprint density at radius 2 is 1.82 bits per heavy atom. The quantitative estimate of drug-likeness (QED) is 0.729. The monoisotopic (exact) mass is 300 g/mol. The van der Waals surface area contributed by atoms with Gasteiger partial charge in [-0.1, -0.05) is 31.2 Å². The van der Waals surface area contributed by atoms with Gasteiger partial charge in [-0.2, -0.15) is 0 Å². The molecule has 0 bridgehead atoms. The van der Waals surface area contributed by atoms with E-state index in [0.717, 1.165) is 12.0 Å². The third-order valence-corrected chi connectivity index (χ3v) is 3.06. The molecule has 0 N–H and O–H groups in total. The Morgan fingerprint density at radius 1 is 1.05 bits per heavy atom. The van der Waals surface area contributed by atoms with E-state index in [0.29, 0.717) is 30.3 Å². The Hall–Kier alpha value is -2.49. The topological polar surface area (TPSA) is 44.8 Å². The number of carbonyl (C=O) groups excluding carboxylic acids is 1. The standard InChI is InChI=1S/C18H20O4/c1-3-11-21-18(19)15-8-6-7-14(12-15)13-22-17-10-5-4-9-16(17)20-2/h4-10,12H,3,11,13H2,1-2H3. The van der Waals surface area contributed by atoms with E-state index < -0.39 is 0 Å². The number of para-hydroxylation sites is 2. The highest BCUT2D eigenvalue weighted by molar-refractivity contribution is 5.89. The molecule has 4 nitrogen and oxygen atoms in total. The molecule has 0 atom stereocenters. The van der Waals surface area contributed by atoms with Crippen LogP contribution in [-0.4, -0.2) is 19.7 Å². The van der Waals surface area contributed by atoms with Crippen LogP contribution >= 0.6 is 0 Å². The summed E-state index contributed by atoms with van der Waals surface area (Å²) in [7, 11) is 1.60. The Morgan fingerprint density at radius 3 is 2.55 bits per heavy atom. The van der Waals surface area contributed by atoms with Gasteiger partial charge in [0.05, 0.1) is 19.3 Å². The molecule has 22 heavy (non-hydrogen) atoms. The van der Waals surface area contributed by atoms with E-state index in [1.807, 2.05) is 43.3 Å². The highest BCUT2D eigenvalue weighted by atomic mass is 16.5. The number of methoxy groups -OCH3 is 1. The van der Waals surface area contributed by atoms with Crippen LogP contribution in [0.3, 0.4) is 0 Å². The Kier molecular flexibility index (Phi) is 5.83. The summed E-state index contributed by atoms with van der Waals surface area (Å²) >= 11 is 0. The van der Waals surface area contributed by atoms with Gasteiger partial charge in [-0.25, -0.2) is 4.79 Å². The highest BCUT2D eigenvalue weighted by Gasteiger charge is 2.08. The normalized spacial score (nSPS) is 10.1. The molecule has 0 aliphatic heterocycles. The number of rotatable bonds is 7. The molecule has 2 aromatic rings. The first kappa shape index (κ1) is 15.9. The van der Waals surface area contributed by atoms with Crippen LogP contribution in [0.4, 0.5) is 0 Å². The summed E-state index contributed by atoms with van der Waals surface area (Å²) in [4.78, 5) is 11.8. The summed E-state index contributed by atoms with van der Waals surface area (Å²) in [5.41, 5.74) is 1.44. The molecule has 0 aromatic heterocycles. The second-order valence-corrected chi connectivity index (χ2v) is 4.78. The van der Waals surface area contributed by atoms with Crippen molar-refractivity contribution in [3.8, 4) is 11.5 Å². The van der Waals surface area contributed by atoms with Crippen molar-refractivity contribution in [3.05, 3.63) is 59.7 Å². The zero-order valence-electron chi connectivity index (χ0n) is 12.9. The maximum absolute atomic E-state index is 11.8. The minimum Gasteiger partial charge on any atom is -0.493 e. The first-order valence-corrected chi connectivity index (χ1v) is 7.26. The van der Waals surface area contributed by atoms with Gasteiger partial charge < -0.3 is 14.2 Å². The SMILES string of the molecule is CCCOC(=O)c1cccc(COc2ccccc2OC)c1. The van der Waals surface area contributed by atoms with Crippen molar-refractivity contribution < 1.29 is 19.0 Å². The number of esters is 1. The van der Waals surface area contributed by atoms with Crippen molar-refractivity contribution in [1.29, 1.82) is 0 Å². The van der Waals surface area contributed by atoms with E-state index in [-0.39, 0.29) is 5.97 Å². The summed E-state index contributed by atoms with van der Waals surface area (Å²) in [6.45, 7) is 2.75. The predicted octanol–water partition coefficient (Wildman–Crippen LogP) is 3.84. The molecule has 0 aliphatic rings. The van der Waals surface area contributed by atoms with Gasteiger partial charge in [-0.3, -0.25) is 0 Å². The lowest BCUT2D eigenvalue weighted by molar-refractivity contribution is 0.0505. The minimum atomic E-state index is -0.305. The fourth-order valence-corrected chi connectivity index (χ4v) is 1.97. The molecule has 0 amide bonds. The van der Waals surface area contributed by atoms with Crippen LogP contribution in [0.25, 0.3) is 0 Å². The molecule has 0 aliphatic carbocycles. The maximum Gasteiger partial charge on any atom is 0.338 e. The Bertz CT molecular complexity index is 622. The smallest absolute Gasteiger partial charge is 0.338 e. The average molecular weight is 300 g/mol. The molecule has 116 valence electrons. The van der Waals surface area contributed by atoms with E-state index in [2.05, 4.69) is 0 Å². The van der Waals surface area contributed by atoms with Crippen LogP contribution < -0.4 is 9.47 Å². The van der Waals surface area contributed by atoms with Gasteiger partial charge in [0.1, 0.15) is 6.61 Å². The van der Waals surface area contributed by atoms with Crippen LogP contribution in [0.15, 0.2) is 48.5 Å². The fraction of sp³-hybridized carbons (Fsp3) is 0.278. The van der Waals surface area contributed by atoms with Crippen LogP contribution in [0, 0.1) is 0 Å². The van der Waals surface area contributed by atoms with Gasteiger partial charge in [0.2, 0.25) is 0 Å². The third kappa shape index (κ3) is 4.25. The second-order valence-electron chi connectivity index (χ2n) is 4.78. The van der Waals surface area contributed by atoms with Gasteiger partial charge >= 0.3 is 5.97 Å². The van der Waals surface area contributed by atoms with E-state index >= 15 is 0 Å². The molecule has 0 spiro atoms. The molecule has 2 aromatic carbocycles. The van der Waals surface area contributed by atoms with Gasteiger partial charge in [0.25, 0.3) is 0 Å². The van der Waals surface area contributed by atoms with E-state index in [9.17, 15) is 4.79 Å². The fourth-order valence-electron chi connectivity index (χ4n) is 1.97. The number of hydrogen-bond acceptors (Lipinski definition) is 4. The van der Waals surface area contributed by atoms with Crippen molar-refractivity contribution in [2.24, 2.45) is 0 Å². The van der Waals surface area contributed by atoms with E-state index in [4.69, 9.17) is 14.2 Å². The van der Waals surface area contributed by atoms with Crippen molar-refractivity contribution in [3.63, 3.8) is 0 Å². The molecular weight excluding hydrogens is 280 g/mol. The minimum absolute atomic E-state index is 0.305. The lowest BCUT2D eigenvalue weighted by Gasteiger charge is -2.11. The first-order chi connectivity index (χ1) is 10.7. The zero-order chi connectivity index (χ0) is 15.8. The van der Waals surface area contributed by atoms with Crippen molar-refractivity contribution >= 4 is 5.97 Å². The maximum atomic E-state index is 11.8. The van der Waals surface area contributed by atoms with Crippen LogP contribution in [0.2, 0.25) is 0 Å².